The topological polar surface area (TPSA) is 267 Å². The molecule has 0 radical (unpaired) electrons. The summed E-state index contributed by atoms with van der Waals surface area (Å²) in [4.78, 5) is 108. The number of hydrogen-bond donors (Lipinski definition) is 2. The van der Waals surface area contributed by atoms with E-state index in [4.69, 9.17) is 14.2 Å². The van der Waals surface area contributed by atoms with Gasteiger partial charge in [-0.15, -0.1) is 20.2 Å². The number of aliphatic hydroxyl groups is 1. The minimum atomic E-state index is -2.22. The third-order valence-electron chi connectivity index (χ3n) is 12.7. The maximum absolute atomic E-state index is 17.8. The van der Waals surface area contributed by atoms with Crippen molar-refractivity contribution < 1.29 is 72.3 Å². The Bertz CT molecular complexity index is 1720. The minimum absolute atomic E-state index is 0.120. The summed E-state index contributed by atoms with van der Waals surface area (Å²) in [5.74, 6) is -6.72. The van der Waals surface area contributed by atoms with Crippen molar-refractivity contribution in [2.45, 2.75) is 128 Å². The number of ketones is 2. The highest BCUT2D eigenvalue weighted by molar-refractivity contribution is 6.01. The molecule has 0 spiro atoms. The molecule has 0 aromatic heterocycles. The highest BCUT2D eigenvalue weighted by Gasteiger charge is 2.77. The van der Waals surface area contributed by atoms with Crippen molar-refractivity contribution in [3.05, 3.63) is 44.0 Å². The Morgan fingerprint density at radius 2 is 1.61 bits per heavy atom. The number of carbonyl (C=O) groups excluding carboxylic acids is 6. The number of alkyl halides is 1. The van der Waals surface area contributed by atoms with E-state index < -0.39 is 105 Å². The number of amides is 1. The van der Waals surface area contributed by atoms with Gasteiger partial charge in [-0.3, -0.25) is 24.0 Å². The molecule has 1 unspecified atom stereocenters. The number of nitrogens with zero attached hydrogens (tertiary/aromatic N) is 2. The van der Waals surface area contributed by atoms with Crippen molar-refractivity contribution in [2.75, 3.05) is 26.4 Å². The highest BCUT2D eigenvalue weighted by atomic mass is 19.1. The zero-order valence-electron chi connectivity index (χ0n) is 33.8. The van der Waals surface area contributed by atoms with Crippen LogP contribution >= 0.6 is 0 Å². The average Bonchev–Trinajstić information content (AvgIpc) is 3.38. The summed E-state index contributed by atoms with van der Waals surface area (Å²) in [6, 6.07) is -1.58. The normalized spacial score (nSPS) is 30.9. The number of hydrogen-bond acceptors (Lipinski definition) is 16. The largest absolute Gasteiger partial charge is 0.464 e. The predicted molar refractivity (Wildman–Crippen MR) is 199 cm³/mol. The second-order valence-corrected chi connectivity index (χ2v) is 16.2. The Balaban J connectivity index is 1.50. The van der Waals surface area contributed by atoms with Gasteiger partial charge in [0.05, 0.1) is 32.3 Å². The molecule has 0 saturated heterocycles. The number of ether oxygens (including phenoxy) is 3. The fourth-order valence-corrected chi connectivity index (χ4v) is 9.91. The number of allylic oxidation sites excluding steroid dienone is 4. The Kier molecular flexibility index (Phi) is 15.3. The van der Waals surface area contributed by atoms with Crippen LogP contribution in [0.3, 0.4) is 0 Å². The van der Waals surface area contributed by atoms with Crippen molar-refractivity contribution in [3.8, 4) is 0 Å². The second-order valence-electron chi connectivity index (χ2n) is 16.2. The van der Waals surface area contributed by atoms with Crippen LogP contribution in [0.4, 0.5) is 4.39 Å². The van der Waals surface area contributed by atoms with Crippen molar-refractivity contribution in [1.29, 1.82) is 0 Å². The zero-order valence-corrected chi connectivity index (χ0v) is 33.8. The van der Waals surface area contributed by atoms with Crippen molar-refractivity contribution in [2.24, 2.45) is 28.6 Å². The lowest BCUT2D eigenvalue weighted by Crippen LogP contribution is -2.70. The first-order valence-electron chi connectivity index (χ1n) is 20.0. The molecular weight excluding hydrogens is 785 g/mol. The number of halogens is 1. The van der Waals surface area contributed by atoms with Crippen LogP contribution in [-0.2, 0) is 52.7 Å². The molecule has 0 heterocycles. The van der Waals surface area contributed by atoms with Gasteiger partial charge in [0, 0.05) is 35.5 Å². The van der Waals surface area contributed by atoms with Gasteiger partial charge in [-0.25, -0.2) is 9.18 Å². The molecule has 20 heteroatoms. The van der Waals surface area contributed by atoms with Gasteiger partial charge in [0.1, 0.15) is 6.04 Å². The van der Waals surface area contributed by atoms with Gasteiger partial charge >= 0.3 is 17.9 Å². The lowest BCUT2D eigenvalue weighted by molar-refractivity contribution is -0.757. The van der Waals surface area contributed by atoms with Crippen LogP contribution in [0.5, 0.6) is 0 Å². The van der Waals surface area contributed by atoms with Crippen molar-refractivity contribution >= 4 is 35.4 Å². The molecule has 19 nitrogen and oxygen atoms in total. The molecule has 328 valence electrons. The predicted octanol–water partition coefficient (Wildman–Crippen LogP) is 3.58. The van der Waals surface area contributed by atoms with Gasteiger partial charge in [-0.05, 0) is 76.4 Å². The lowest BCUT2D eigenvalue weighted by Gasteiger charge is -2.62. The van der Waals surface area contributed by atoms with Crippen molar-refractivity contribution in [1.82, 2.24) is 5.32 Å². The van der Waals surface area contributed by atoms with Crippen LogP contribution in [0.25, 0.3) is 0 Å². The molecule has 4 aliphatic rings. The summed E-state index contributed by atoms with van der Waals surface area (Å²) in [5.41, 5.74) is -6.23. The first-order valence-corrected chi connectivity index (χ1v) is 20.0. The fourth-order valence-electron chi connectivity index (χ4n) is 9.91. The summed E-state index contributed by atoms with van der Waals surface area (Å²) in [6.45, 7) is 4.97. The minimum Gasteiger partial charge on any atom is -0.464 e. The second kappa shape index (κ2) is 19.4. The number of carbonyl (C=O) groups is 6. The fraction of sp³-hybridized carbons (Fsp3) is 0.744. The number of fused-ring (bicyclic) bond motifs is 5. The lowest BCUT2D eigenvalue weighted by atomic mass is 9.44. The molecule has 0 bridgehead atoms. The molecule has 1 amide bonds. The molecule has 0 aromatic carbocycles. The summed E-state index contributed by atoms with van der Waals surface area (Å²) in [6.07, 6.45) is 3.31. The zero-order chi connectivity index (χ0) is 43.8. The van der Waals surface area contributed by atoms with E-state index in [1.54, 1.807) is 20.8 Å². The number of unbranched alkanes of at least 4 members (excludes halogenated alkanes) is 3. The smallest absolute Gasteiger partial charge is 0.329 e. The van der Waals surface area contributed by atoms with Gasteiger partial charge in [0.25, 0.3) is 10.2 Å². The molecule has 3 saturated carbocycles. The molecule has 9 atom stereocenters. The summed E-state index contributed by atoms with van der Waals surface area (Å²) >= 11 is 0. The number of nitrogens with one attached hydrogen (secondary N) is 1. The molecule has 2 N–H and O–H groups in total. The quantitative estimate of drug-likeness (QED) is 0.0519. The standard InChI is InChI=1S/C39H54FN3O16/c1-5-33(48)59-39(24(2)19-28-27-13-12-25-20-26(44)14-15-36(25,3)38(27,40)30(45)22-37(28,39)4)31(46)23-56-34(49)21-29(35(50)55-16-9-10-18-58-43(53)54)41-32(47)11-7-6-8-17-57-42(51)52/h14-15,20,24,27-30,45H,5-13,16-19,21-23H2,1-4H3,(H,41,47)/t24-,27-,28-,29?,30-,36-,37-,38-,39-/m0/s1. The van der Waals surface area contributed by atoms with E-state index >= 15 is 4.39 Å². The van der Waals surface area contributed by atoms with E-state index in [0.29, 0.717) is 18.4 Å². The highest BCUT2D eigenvalue weighted by Crippen LogP contribution is 2.71. The molecule has 4 aliphatic carbocycles. The van der Waals surface area contributed by atoms with Gasteiger partial charge in [0.15, 0.2) is 23.7 Å². The van der Waals surface area contributed by atoms with E-state index in [2.05, 4.69) is 15.0 Å². The van der Waals surface area contributed by atoms with Crippen LogP contribution in [0, 0.1) is 48.8 Å². The Hall–Kier alpha value is -5.01. The number of rotatable bonds is 22. The van der Waals surface area contributed by atoms with Crippen molar-refractivity contribution in [3.63, 3.8) is 0 Å². The van der Waals surface area contributed by atoms with Crippen LogP contribution in [0.1, 0.15) is 105 Å². The first-order chi connectivity index (χ1) is 27.8. The Morgan fingerprint density at radius 3 is 2.25 bits per heavy atom. The summed E-state index contributed by atoms with van der Waals surface area (Å²) in [7, 11) is 0. The Labute approximate surface area is 339 Å². The maximum atomic E-state index is 17.8. The molecule has 0 aromatic rings. The van der Waals surface area contributed by atoms with E-state index in [-0.39, 0.29) is 83.4 Å². The molecule has 4 rings (SSSR count). The molecular formula is C39H54FN3O16. The molecule has 3 fully saturated rings. The van der Waals surface area contributed by atoms with E-state index in [9.17, 15) is 54.1 Å². The number of esters is 3. The number of aliphatic hydroxyl groups excluding tert-OH is 1. The van der Waals surface area contributed by atoms with Gasteiger partial charge < -0.3 is 34.3 Å². The van der Waals surface area contributed by atoms with E-state index in [1.807, 2.05) is 0 Å². The third-order valence-corrected chi connectivity index (χ3v) is 12.7. The Morgan fingerprint density at radius 1 is 0.966 bits per heavy atom. The summed E-state index contributed by atoms with van der Waals surface area (Å²) in [5, 5.41) is 33.0. The maximum Gasteiger partial charge on any atom is 0.329 e. The van der Waals surface area contributed by atoms with Gasteiger partial charge in [0.2, 0.25) is 11.7 Å². The molecule has 59 heavy (non-hydrogen) atoms. The van der Waals surface area contributed by atoms with Crippen LogP contribution in [-0.4, -0.2) is 101 Å². The molecule has 0 aliphatic heterocycles. The van der Waals surface area contributed by atoms with Crippen LogP contribution in [0.2, 0.25) is 0 Å². The number of Topliss-reactive ketones (excluding diaryl/α,β-unsaturated/α-hetero) is 1. The van der Waals surface area contributed by atoms with E-state index in [0.717, 1.165) is 0 Å². The monoisotopic (exact) mass is 839 g/mol. The average molecular weight is 840 g/mol. The summed E-state index contributed by atoms with van der Waals surface area (Å²) < 4.78 is 34.4. The van der Waals surface area contributed by atoms with E-state index in [1.165, 1.54) is 25.2 Å². The van der Waals surface area contributed by atoms with Crippen LogP contribution < -0.4 is 5.32 Å². The third kappa shape index (κ3) is 9.73. The van der Waals surface area contributed by atoms with Gasteiger partial charge in [-0.1, -0.05) is 38.8 Å². The van der Waals surface area contributed by atoms with Crippen LogP contribution in [0.15, 0.2) is 23.8 Å². The first kappa shape index (κ1) is 46.7. The van der Waals surface area contributed by atoms with Gasteiger partial charge in [-0.2, -0.15) is 0 Å². The SMILES string of the molecule is CCC(=O)O[C@]1(C(=O)COC(=O)CC(NC(=O)CCCCCO[N+](=O)[O-])C(=O)OCCCCO[N+](=O)[O-])[C@@H](C)C[C@H]2[C@@H]3CCC4=CC(=O)C=C[C@]4(C)[C@@]3(F)[C@@H](O)C[C@@]21C.